The third kappa shape index (κ3) is 3.86. The van der Waals surface area contributed by atoms with Gasteiger partial charge in [-0.1, -0.05) is 18.7 Å². The summed E-state index contributed by atoms with van der Waals surface area (Å²) >= 11 is 1.21. The van der Waals surface area contributed by atoms with E-state index in [1.165, 1.54) is 11.8 Å². The smallest absolute Gasteiger partial charge is 0.313 e. The molecule has 1 aromatic heterocycles. The summed E-state index contributed by atoms with van der Waals surface area (Å²) in [6.07, 6.45) is 1.03. The van der Waals surface area contributed by atoms with E-state index in [9.17, 15) is 4.79 Å². The van der Waals surface area contributed by atoms with Gasteiger partial charge in [0, 0.05) is 19.1 Å². The number of hydrogen-bond acceptors (Lipinski definition) is 5. The maximum Gasteiger partial charge on any atom is 0.313 e. The zero-order valence-electron chi connectivity index (χ0n) is 12.0. The van der Waals surface area contributed by atoms with Gasteiger partial charge in [0.05, 0.1) is 5.75 Å². The van der Waals surface area contributed by atoms with Crippen LogP contribution in [0.4, 0.5) is 5.95 Å². The summed E-state index contributed by atoms with van der Waals surface area (Å²) in [6.45, 7) is 9.99. The molecule has 0 radical (unpaired) electrons. The molecule has 0 bridgehead atoms. The molecule has 1 aromatic rings. The first-order chi connectivity index (χ1) is 9.04. The van der Waals surface area contributed by atoms with Crippen LogP contribution in [0.3, 0.4) is 0 Å². The average molecular weight is 286 g/mol. The predicted molar refractivity (Wildman–Crippen MR) is 76.8 cm³/mol. The summed E-state index contributed by atoms with van der Waals surface area (Å²) in [6, 6.07) is 0.386. The van der Waals surface area contributed by atoms with E-state index in [1.54, 1.807) is 0 Å². The molecule has 0 aliphatic carbocycles. The van der Waals surface area contributed by atoms with Crippen LogP contribution >= 0.6 is 11.8 Å². The van der Waals surface area contributed by atoms with Crippen molar-refractivity contribution in [1.29, 1.82) is 0 Å². The fourth-order valence-electron chi connectivity index (χ4n) is 1.87. The fourth-order valence-corrected chi connectivity index (χ4v) is 2.59. The van der Waals surface area contributed by atoms with E-state index in [2.05, 4.69) is 35.9 Å². The normalized spacial score (nSPS) is 12.4. The summed E-state index contributed by atoms with van der Waals surface area (Å²) < 4.78 is 1.98. The van der Waals surface area contributed by atoms with Crippen molar-refractivity contribution in [3.8, 4) is 0 Å². The average Bonchev–Trinajstić information content (AvgIpc) is 2.79. The molecule has 108 valence electrons. The Morgan fingerprint density at radius 1 is 1.42 bits per heavy atom. The second-order valence-corrected chi connectivity index (χ2v) is 5.20. The number of rotatable bonds is 8. The molecule has 0 spiro atoms. The molecule has 0 saturated carbocycles. The van der Waals surface area contributed by atoms with Crippen molar-refractivity contribution in [2.45, 2.75) is 51.9 Å². The van der Waals surface area contributed by atoms with Crippen LogP contribution in [0.25, 0.3) is 0 Å². The minimum atomic E-state index is -0.841. The Morgan fingerprint density at radius 2 is 2.11 bits per heavy atom. The molecule has 7 heteroatoms. The maximum absolute atomic E-state index is 10.6. The van der Waals surface area contributed by atoms with Gasteiger partial charge in [0.1, 0.15) is 0 Å². The Labute approximate surface area is 118 Å². The molecule has 0 amide bonds. The first-order valence-corrected chi connectivity index (χ1v) is 7.58. The fraction of sp³-hybridized carbons (Fsp3) is 0.750. The molecular weight excluding hydrogens is 264 g/mol. The van der Waals surface area contributed by atoms with Gasteiger partial charge >= 0.3 is 5.97 Å². The van der Waals surface area contributed by atoms with Crippen molar-refractivity contribution in [3.05, 3.63) is 0 Å². The zero-order valence-corrected chi connectivity index (χ0v) is 12.8. The molecule has 1 unspecified atom stereocenters. The lowest BCUT2D eigenvalue weighted by atomic mass is 10.2. The molecule has 1 rings (SSSR count). The van der Waals surface area contributed by atoms with Gasteiger partial charge in [-0.25, -0.2) is 0 Å². The lowest BCUT2D eigenvalue weighted by Crippen LogP contribution is -2.34. The molecule has 1 heterocycles. The first-order valence-electron chi connectivity index (χ1n) is 6.59. The van der Waals surface area contributed by atoms with Crippen LogP contribution < -0.4 is 4.90 Å². The van der Waals surface area contributed by atoms with Crippen LogP contribution in [0.5, 0.6) is 0 Å². The van der Waals surface area contributed by atoms with Gasteiger partial charge in [-0.05, 0) is 27.2 Å². The van der Waals surface area contributed by atoms with E-state index in [4.69, 9.17) is 5.11 Å². The summed E-state index contributed by atoms with van der Waals surface area (Å²) in [7, 11) is 0. The highest BCUT2D eigenvalue weighted by atomic mass is 32.2. The number of carboxylic acids is 1. The highest BCUT2D eigenvalue weighted by Crippen LogP contribution is 2.23. The molecule has 1 atom stereocenters. The van der Waals surface area contributed by atoms with Crippen molar-refractivity contribution < 1.29 is 9.90 Å². The lowest BCUT2D eigenvalue weighted by molar-refractivity contribution is -0.133. The molecule has 0 fully saturated rings. The number of thioether (sulfide) groups is 1. The van der Waals surface area contributed by atoms with Crippen molar-refractivity contribution in [2.24, 2.45) is 0 Å². The van der Waals surface area contributed by atoms with Crippen molar-refractivity contribution in [2.75, 3.05) is 17.2 Å². The number of carbonyl (C=O) groups is 1. The van der Waals surface area contributed by atoms with E-state index in [0.717, 1.165) is 25.5 Å². The Bertz CT molecular complexity index is 422. The van der Waals surface area contributed by atoms with E-state index >= 15 is 0 Å². The third-order valence-electron chi connectivity index (χ3n) is 3.06. The Balaban J connectivity index is 2.98. The largest absolute Gasteiger partial charge is 0.481 e. The number of aliphatic carboxylic acids is 1. The summed E-state index contributed by atoms with van der Waals surface area (Å²) in [5, 5.41) is 17.8. The van der Waals surface area contributed by atoms with Gasteiger partial charge in [-0.3, -0.25) is 9.36 Å². The first kappa shape index (κ1) is 15.8. The van der Waals surface area contributed by atoms with E-state index < -0.39 is 5.97 Å². The number of nitrogens with zero attached hydrogens (tertiary/aromatic N) is 4. The topological polar surface area (TPSA) is 71.2 Å². The maximum atomic E-state index is 10.6. The highest BCUT2D eigenvalue weighted by Gasteiger charge is 2.20. The Kier molecular flexibility index (Phi) is 6.14. The second kappa shape index (κ2) is 7.37. The van der Waals surface area contributed by atoms with Gasteiger partial charge in [-0.2, -0.15) is 0 Å². The van der Waals surface area contributed by atoms with Gasteiger partial charge in [0.2, 0.25) is 5.95 Å². The van der Waals surface area contributed by atoms with E-state index in [0.29, 0.717) is 11.2 Å². The zero-order chi connectivity index (χ0) is 14.4. The highest BCUT2D eigenvalue weighted by molar-refractivity contribution is 7.99. The SMILES string of the molecule is CCC(C)N(CC)c1nnc(SCC(=O)O)n1CC. The Hall–Kier alpha value is -1.24. The molecule has 0 aliphatic heterocycles. The van der Waals surface area contributed by atoms with E-state index in [1.807, 2.05) is 11.5 Å². The van der Waals surface area contributed by atoms with E-state index in [-0.39, 0.29) is 5.75 Å². The number of anilines is 1. The standard InChI is InChI=1S/C12H22N4O2S/c1-5-9(4)15(6-2)11-13-14-12(16(11)7-3)19-8-10(17)18/h9H,5-8H2,1-4H3,(H,17,18). The van der Waals surface area contributed by atoms with Crippen LogP contribution in [0.15, 0.2) is 5.16 Å². The predicted octanol–water partition coefficient (Wildman–Crippen LogP) is 2.10. The second-order valence-electron chi connectivity index (χ2n) is 4.25. The van der Waals surface area contributed by atoms with Gasteiger partial charge < -0.3 is 10.0 Å². The molecular formula is C12H22N4O2S. The summed E-state index contributed by atoms with van der Waals surface area (Å²) in [5.41, 5.74) is 0. The van der Waals surface area contributed by atoms with Gasteiger partial charge in [-0.15, -0.1) is 10.2 Å². The van der Waals surface area contributed by atoms with Crippen LogP contribution in [-0.2, 0) is 11.3 Å². The van der Waals surface area contributed by atoms with Crippen molar-refractivity contribution >= 4 is 23.7 Å². The lowest BCUT2D eigenvalue weighted by Gasteiger charge is -2.28. The molecule has 6 nitrogen and oxygen atoms in total. The third-order valence-corrected chi connectivity index (χ3v) is 4.01. The number of hydrogen-bond donors (Lipinski definition) is 1. The minimum absolute atomic E-state index is 0.00753. The van der Waals surface area contributed by atoms with Crippen LogP contribution in [-0.4, -0.2) is 44.2 Å². The summed E-state index contributed by atoms with van der Waals surface area (Å²) in [5.74, 6) is -0.00755. The monoisotopic (exact) mass is 286 g/mol. The molecule has 19 heavy (non-hydrogen) atoms. The van der Waals surface area contributed by atoms with Crippen molar-refractivity contribution in [1.82, 2.24) is 14.8 Å². The number of aromatic nitrogens is 3. The molecule has 1 N–H and O–H groups in total. The minimum Gasteiger partial charge on any atom is -0.481 e. The molecule has 0 saturated heterocycles. The van der Waals surface area contributed by atoms with Gasteiger partial charge in [0.25, 0.3) is 0 Å². The van der Waals surface area contributed by atoms with Crippen LogP contribution in [0.1, 0.15) is 34.1 Å². The van der Waals surface area contributed by atoms with Crippen molar-refractivity contribution in [3.63, 3.8) is 0 Å². The van der Waals surface area contributed by atoms with Crippen LogP contribution in [0.2, 0.25) is 0 Å². The molecule has 0 aromatic carbocycles. The quantitative estimate of drug-likeness (QED) is 0.738. The van der Waals surface area contributed by atoms with Crippen LogP contribution in [0, 0.1) is 0 Å². The Morgan fingerprint density at radius 3 is 2.58 bits per heavy atom. The molecule has 0 aliphatic rings. The van der Waals surface area contributed by atoms with Gasteiger partial charge in [0.15, 0.2) is 5.16 Å². The summed E-state index contributed by atoms with van der Waals surface area (Å²) in [4.78, 5) is 12.8. The number of carboxylic acid groups (broad SMARTS) is 1.